The molecule has 0 rings (SSSR count). The van der Waals surface area contributed by atoms with Crippen LogP contribution in [0.5, 0.6) is 0 Å². The van der Waals surface area contributed by atoms with E-state index in [0.29, 0.717) is 0 Å². The summed E-state index contributed by atoms with van der Waals surface area (Å²) >= 11 is -1.98. The van der Waals surface area contributed by atoms with E-state index in [2.05, 4.69) is 4.72 Å². The Hall–Kier alpha value is -0.700. The summed E-state index contributed by atoms with van der Waals surface area (Å²) in [5.74, 6) is 0. The average molecular weight is 146 g/mol. The molecule has 5 heteroatoms. The van der Waals surface area contributed by atoms with Crippen LogP contribution in [0.15, 0.2) is 12.2 Å². The van der Waals surface area contributed by atoms with Gasteiger partial charge in [-0.3, -0.25) is 4.55 Å². The molecule has 1 unspecified atom stereocenters. The number of allylic oxidation sites excluding steroid dienone is 1. The van der Waals surface area contributed by atoms with Crippen molar-refractivity contribution in [3.63, 3.8) is 0 Å². The molecule has 0 heterocycles. The van der Waals surface area contributed by atoms with E-state index in [-0.39, 0.29) is 6.54 Å². The van der Waals surface area contributed by atoms with Crippen LogP contribution in [-0.2, 0) is 11.3 Å². The number of nitrogens with zero attached hydrogens (tertiary/aromatic N) is 1. The molecule has 0 aliphatic rings. The molecule has 0 saturated heterocycles. The third-order valence-electron chi connectivity index (χ3n) is 0.517. The molecule has 0 aromatic rings. The van der Waals surface area contributed by atoms with Gasteiger partial charge in [-0.2, -0.15) is 5.26 Å². The van der Waals surface area contributed by atoms with E-state index in [1.807, 2.05) is 0 Å². The Morgan fingerprint density at radius 2 is 2.56 bits per heavy atom. The van der Waals surface area contributed by atoms with Crippen molar-refractivity contribution in [2.24, 2.45) is 0 Å². The van der Waals surface area contributed by atoms with E-state index < -0.39 is 11.3 Å². The average Bonchev–Trinajstić information content (AvgIpc) is 1.80. The first-order chi connectivity index (χ1) is 4.27. The second-order valence-corrected chi connectivity index (χ2v) is 1.92. The van der Waals surface area contributed by atoms with Crippen molar-refractivity contribution < 1.29 is 8.76 Å². The summed E-state index contributed by atoms with van der Waals surface area (Å²) in [4.78, 5) is 0. The fraction of sp³-hybridized carbons (Fsp3) is 0.250. The molecule has 0 spiro atoms. The maximum absolute atomic E-state index is 9.85. The second kappa shape index (κ2) is 5.44. The van der Waals surface area contributed by atoms with Crippen LogP contribution in [0, 0.1) is 11.3 Å². The number of rotatable bonds is 3. The van der Waals surface area contributed by atoms with Crippen molar-refractivity contribution in [3.05, 3.63) is 12.2 Å². The van der Waals surface area contributed by atoms with E-state index in [4.69, 9.17) is 9.81 Å². The molecule has 50 valence electrons. The van der Waals surface area contributed by atoms with Crippen LogP contribution < -0.4 is 4.72 Å². The smallest absolute Gasteiger partial charge is 0.232 e. The third kappa shape index (κ3) is 7.30. The first-order valence-electron chi connectivity index (χ1n) is 2.16. The van der Waals surface area contributed by atoms with Gasteiger partial charge in [-0.25, -0.2) is 8.93 Å². The summed E-state index contributed by atoms with van der Waals surface area (Å²) in [6.45, 7) is 0.233. The summed E-state index contributed by atoms with van der Waals surface area (Å²) in [6.07, 6.45) is 2.69. The monoisotopic (exact) mass is 146 g/mol. The van der Waals surface area contributed by atoms with Gasteiger partial charge in [0, 0.05) is 12.6 Å². The van der Waals surface area contributed by atoms with Crippen LogP contribution >= 0.6 is 0 Å². The largest absolute Gasteiger partial charge is 0.294 e. The zero-order valence-corrected chi connectivity index (χ0v) is 5.39. The zero-order chi connectivity index (χ0) is 7.11. The van der Waals surface area contributed by atoms with Crippen LogP contribution in [-0.4, -0.2) is 15.3 Å². The topological polar surface area (TPSA) is 73.1 Å². The highest BCUT2D eigenvalue weighted by Gasteiger charge is 1.83. The SMILES string of the molecule is N#CC=CCNS(=O)O. The number of hydrogen-bond donors (Lipinski definition) is 2. The maximum atomic E-state index is 9.85. The molecular formula is C4H6N2O2S. The van der Waals surface area contributed by atoms with Crippen LogP contribution in [0.25, 0.3) is 0 Å². The van der Waals surface area contributed by atoms with Crippen molar-refractivity contribution in [2.75, 3.05) is 6.54 Å². The molecule has 1 atom stereocenters. The van der Waals surface area contributed by atoms with Gasteiger partial charge >= 0.3 is 0 Å². The van der Waals surface area contributed by atoms with E-state index in [9.17, 15) is 4.21 Å². The van der Waals surface area contributed by atoms with Crippen LogP contribution in [0.4, 0.5) is 0 Å². The van der Waals surface area contributed by atoms with Crippen LogP contribution in [0.3, 0.4) is 0 Å². The van der Waals surface area contributed by atoms with Gasteiger partial charge in [0.2, 0.25) is 11.3 Å². The third-order valence-corrected chi connectivity index (χ3v) is 0.931. The Morgan fingerprint density at radius 1 is 1.89 bits per heavy atom. The summed E-state index contributed by atoms with van der Waals surface area (Å²) in [7, 11) is 0. The highest BCUT2D eigenvalue weighted by atomic mass is 32.2. The van der Waals surface area contributed by atoms with Gasteiger partial charge in [0.25, 0.3) is 0 Å². The summed E-state index contributed by atoms with van der Waals surface area (Å²) in [5.41, 5.74) is 0. The highest BCUT2D eigenvalue weighted by molar-refractivity contribution is 7.77. The molecule has 0 bridgehead atoms. The molecule has 0 aromatic heterocycles. The number of nitriles is 1. The fourth-order valence-corrected chi connectivity index (χ4v) is 0.470. The van der Waals surface area contributed by atoms with Crippen molar-refractivity contribution >= 4 is 11.3 Å². The standard InChI is InChI=1S/C4H6N2O2S/c5-3-1-2-4-6-9(7)8/h1-2,6H,4H2,(H,7,8). The lowest BCUT2D eigenvalue weighted by atomic mass is 10.5. The van der Waals surface area contributed by atoms with Crippen LogP contribution in [0.1, 0.15) is 0 Å². The minimum Gasteiger partial charge on any atom is -0.294 e. The zero-order valence-electron chi connectivity index (χ0n) is 4.57. The van der Waals surface area contributed by atoms with Gasteiger partial charge in [0.1, 0.15) is 0 Å². The molecule has 0 aromatic carbocycles. The normalized spacial score (nSPS) is 13.3. The molecule has 9 heavy (non-hydrogen) atoms. The maximum Gasteiger partial charge on any atom is 0.232 e. The quantitative estimate of drug-likeness (QED) is 0.427. The van der Waals surface area contributed by atoms with Gasteiger partial charge < -0.3 is 0 Å². The molecule has 0 radical (unpaired) electrons. The van der Waals surface area contributed by atoms with Crippen molar-refractivity contribution in [1.29, 1.82) is 5.26 Å². The molecule has 0 saturated carbocycles. The molecular weight excluding hydrogens is 140 g/mol. The van der Waals surface area contributed by atoms with Crippen molar-refractivity contribution in [3.8, 4) is 6.07 Å². The van der Waals surface area contributed by atoms with Gasteiger partial charge in [0.05, 0.1) is 6.07 Å². The molecule has 4 nitrogen and oxygen atoms in total. The molecule has 0 fully saturated rings. The van der Waals surface area contributed by atoms with Gasteiger partial charge in [-0.15, -0.1) is 0 Å². The van der Waals surface area contributed by atoms with E-state index >= 15 is 0 Å². The van der Waals surface area contributed by atoms with Gasteiger partial charge in [0.15, 0.2) is 0 Å². The fourth-order valence-electron chi connectivity index (χ4n) is 0.231. The minimum absolute atomic E-state index is 0.233. The summed E-state index contributed by atoms with van der Waals surface area (Å²) < 4.78 is 20.1. The Balaban J connectivity index is 3.22. The highest BCUT2D eigenvalue weighted by Crippen LogP contribution is 1.67. The predicted octanol–water partition coefficient (Wildman–Crippen LogP) is -0.208. The molecule has 2 N–H and O–H groups in total. The Morgan fingerprint density at radius 3 is 3.00 bits per heavy atom. The Bertz CT molecular complexity index is 160. The Kier molecular flexibility index (Phi) is 5.01. The summed E-state index contributed by atoms with van der Waals surface area (Å²) in [5, 5.41) is 7.93. The van der Waals surface area contributed by atoms with Crippen LogP contribution in [0.2, 0.25) is 0 Å². The van der Waals surface area contributed by atoms with Gasteiger partial charge in [-0.05, 0) is 0 Å². The van der Waals surface area contributed by atoms with Crippen molar-refractivity contribution in [2.45, 2.75) is 0 Å². The lowest BCUT2D eigenvalue weighted by Gasteiger charge is -1.88. The Labute approximate surface area is 55.6 Å². The van der Waals surface area contributed by atoms with Crippen molar-refractivity contribution in [1.82, 2.24) is 4.72 Å². The van der Waals surface area contributed by atoms with Gasteiger partial charge in [-0.1, -0.05) is 6.08 Å². The predicted molar refractivity (Wildman–Crippen MR) is 33.5 cm³/mol. The van der Waals surface area contributed by atoms with E-state index in [1.165, 1.54) is 12.2 Å². The summed E-state index contributed by atoms with van der Waals surface area (Å²) in [6, 6.07) is 1.74. The first-order valence-corrected chi connectivity index (χ1v) is 3.27. The molecule has 0 amide bonds. The minimum atomic E-state index is -1.98. The van der Waals surface area contributed by atoms with E-state index in [1.54, 1.807) is 6.07 Å². The lowest BCUT2D eigenvalue weighted by Crippen LogP contribution is -2.15. The molecule has 0 aliphatic carbocycles. The number of hydrogen-bond acceptors (Lipinski definition) is 2. The first kappa shape index (κ1) is 8.30. The second-order valence-electron chi connectivity index (χ2n) is 1.13. The number of nitrogens with one attached hydrogen (secondary N) is 1. The lowest BCUT2D eigenvalue weighted by molar-refractivity contribution is 0.553. The van der Waals surface area contributed by atoms with E-state index in [0.717, 1.165) is 0 Å². The molecule has 0 aliphatic heterocycles.